The molecule has 1 aliphatic rings. The molecule has 0 aliphatic heterocycles. The minimum Gasteiger partial charge on any atom is -0.269 e. The van der Waals surface area contributed by atoms with Crippen molar-refractivity contribution in [2.24, 2.45) is 0 Å². The lowest BCUT2D eigenvalue weighted by Crippen LogP contribution is -2.24. The van der Waals surface area contributed by atoms with Gasteiger partial charge in [-0.25, -0.2) is 4.98 Å². The highest BCUT2D eigenvalue weighted by molar-refractivity contribution is 5.28. The van der Waals surface area contributed by atoms with Crippen molar-refractivity contribution >= 4 is 0 Å². The zero-order valence-corrected chi connectivity index (χ0v) is 11.0. The fourth-order valence-corrected chi connectivity index (χ4v) is 2.95. The molecule has 1 fully saturated rings. The van der Waals surface area contributed by atoms with Crippen LogP contribution in [0.5, 0.6) is 0 Å². The van der Waals surface area contributed by atoms with Gasteiger partial charge in [0.15, 0.2) is 0 Å². The number of nitrogens with zero attached hydrogens (tertiary/aromatic N) is 2. The minimum atomic E-state index is 0.0155. The predicted octanol–water partition coefficient (Wildman–Crippen LogP) is 3.28. The van der Waals surface area contributed by atoms with Crippen LogP contribution in [0.15, 0.2) is 47.4 Å². The summed E-state index contributed by atoms with van der Waals surface area (Å²) in [7, 11) is 0. The number of hydrogen-bond donors (Lipinski definition) is 0. The summed E-state index contributed by atoms with van der Waals surface area (Å²) in [6, 6.07) is 11.2. The molecular formula is C16H18N2O. The average molecular weight is 254 g/mol. The Bertz CT molecular complexity index is 598. The van der Waals surface area contributed by atoms with Gasteiger partial charge >= 0.3 is 0 Å². The summed E-state index contributed by atoms with van der Waals surface area (Å²) in [6.45, 7) is 0. The van der Waals surface area contributed by atoms with Gasteiger partial charge in [0.1, 0.15) is 5.82 Å². The van der Waals surface area contributed by atoms with E-state index in [0.29, 0.717) is 5.92 Å². The number of pyridine rings is 2. The van der Waals surface area contributed by atoms with E-state index in [1.165, 1.54) is 32.1 Å². The van der Waals surface area contributed by atoms with Crippen LogP contribution in [-0.2, 0) is 0 Å². The van der Waals surface area contributed by atoms with E-state index in [4.69, 9.17) is 0 Å². The van der Waals surface area contributed by atoms with Crippen LogP contribution in [-0.4, -0.2) is 9.55 Å². The second-order valence-electron chi connectivity index (χ2n) is 5.15. The van der Waals surface area contributed by atoms with Crippen molar-refractivity contribution < 1.29 is 0 Å². The van der Waals surface area contributed by atoms with Crippen LogP contribution in [0.1, 0.15) is 43.7 Å². The monoisotopic (exact) mass is 254 g/mol. The van der Waals surface area contributed by atoms with Gasteiger partial charge in [0.25, 0.3) is 5.56 Å². The molecule has 0 bridgehead atoms. The van der Waals surface area contributed by atoms with Crippen molar-refractivity contribution in [2.45, 2.75) is 38.0 Å². The lowest BCUT2D eigenvalue weighted by atomic mass is 9.86. The quantitative estimate of drug-likeness (QED) is 0.824. The van der Waals surface area contributed by atoms with Gasteiger partial charge in [-0.05, 0) is 37.0 Å². The Morgan fingerprint density at radius 3 is 2.58 bits per heavy atom. The van der Waals surface area contributed by atoms with Gasteiger partial charge in [-0.2, -0.15) is 0 Å². The summed E-state index contributed by atoms with van der Waals surface area (Å²) in [4.78, 5) is 16.5. The van der Waals surface area contributed by atoms with E-state index in [-0.39, 0.29) is 5.56 Å². The third-order valence-corrected chi connectivity index (χ3v) is 3.89. The van der Waals surface area contributed by atoms with Crippen molar-refractivity contribution in [3.05, 3.63) is 58.6 Å². The van der Waals surface area contributed by atoms with Gasteiger partial charge < -0.3 is 0 Å². The van der Waals surface area contributed by atoms with Gasteiger partial charge in [0.2, 0.25) is 0 Å². The highest BCUT2D eigenvalue weighted by Crippen LogP contribution is 2.32. The molecule has 3 heteroatoms. The molecule has 0 N–H and O–H groups in total. The van der Waals surface area contributed by atoms with E-state index in [2.05, 4.69) is 11.1 Å². The summed E-state index contributed by atoms with van der Waals surface area (Å²) < 4.78 is 1.77. The minimum absolute atomic E-state index is 0.0155. The van der Waals surface area contributed by atoms with Crippen LogP contribution in [0.2, 0.25) is 0 Å². The molecule has 3 nitrogen and oxygen atoms in total. The van der Waals surface area contributed by atoms with E-state index < -0.39 is 0 Å². The first kappa shape index (κ1) is 12.2. The van der Waals surface area contributed by atoms with Crippen molar-refractivity contribution in [1.29, 1.82) is 0 Å². The van der Waals surface area contributed by atoms with Gasteiger partial charge in [0.05, 0.1) is 0 Å². The molecule has 19 heavy (non-hydrogen) atoms. The second-order valence-corrected chi connectivity index (χ2v) is 5.15. The second kappa shape index (κ2) is 5.39. The summed E-state index contributed by atoms with van der Waals surface area (Å²) >= 11 is 0. The van der Waals surface area contributed by atoms with Crippen molar-refractivity contribution in [3.8, 4) is 5.82 Å². The Morgan fingerprint density at radius 1 is 1.00 bits per heavy atom. The van der Waals surface area contributed by atoms with Crippen molar-refractivity contribution in [1.82, 2.24) is 9.55 Å². The molecule has 98 valence electrons. The molecule has 0 saturated heterocycles. The standard InChI is InChI=1S/C16H18N2O/c19-16-11-6-9-14(13-7-2-1-3-8-13)18(16)15-10-4-5-12-17-15/h4-6,9-13H,1-3,7-8H2. The molecule has 3 rings (SSSR count). The molecule has 0 amide bonds. The fraction of sp³-hybridized carbons (Fsp3) is 0.375. The Labute approximate surface area is 112 Å². The molecule has 2 aromatic heterocycles. The highest BCUT2D eigenvalue weighted by Gasteiger charge is 2.19. The Balaban J connectivity index is 2.10. The first-order valence-corrected chi connectivity index (χ1v) is 6.99. The normalized spacial score (nSPS) is 16.4. The van der Waals surface area contributed by atoms with E-state index >= 15 is 0 Å². The van der Waals surface area contributed by atoms with Crippen LogP contribution >= 0.6 is 0 Å². The van der Waals surface area contributed by atoms with Crippen molar-refractivity contribution in [2.75, 3.05) is 0 Å². The molecule has 0 atom stereocenters. The third kappa shape index (κ3) is 2.46. The molecule has 0 aromatic carbocycles. The predicted molar refractivity (Wildman–Crippen MR) is 75.7 cm³/mol. The highest BCUT2D eigenvalue weighted by atomic mass is 16.1. The first-order valence-electron chi connectivity index (χ1n) is 6.99. The van der Waals surface area contributed by atoms with E-state index in [0.717, 1.165) is 11.5 Å². The lowest BCUT2D eigenvalue weighted by Gasteiger charge is -2.24. The fourth-order valence-electron chi connectivity index (χ4n) is 2.95. The molecule has 0 spiro atoms. The summed E-state index contributed by atoms with van der Waals surface area (Å²) in [5, 5.41) is 0. The van der Waals surface area contributed by atoms with Crippen LogP contribution in [0, 0.1) is 0 Å². The Hall–Kier alpha value is -1.90. The first-order chi connectivity index (χ1) is 9.36. The number of hydrogen-bond acceptors (Lipinski definition) is 2. The zero-order valence-electron chi connectivity index (χ0n) is 11.0. The molecule has 1 aliphatic carbocycles. The maximum atomic E-state index is 12.2. The molecule has 2 aromatic rings. The van der Waals surface area contributed by atoms with Gasteiger partial charge in [0, 0.05) is 18.0 Å². The summed E-state index contributed by atoms with van der Waals surface area (Å²) in [5.74, 6) is 1.22. The summed E-state index contributed by atoms with van der Waals surface area (Å²) in [6.07, 6.45) is 7.93. The molecule has 1 saturated carbocycles. The maximum Gasteiger partial charge on any atom is 0.256 e. The van der Waals surface area contributed by atoms with E-state index in [1.54, 1.807) is 16.8 Å². The third-order valence-electron chi connectivity index (χ3n) is 3.89. The van der Waals surface area contributed by atoms with Crippen LogP contribution in [0.25, 0.3) is 5.82 Å². The number of aromatic nitrogens is 2. The van der Waals surface area contributed by atoms with Gasteiger partial charge in [-0.15, -0.1) is 0 Å². The molecular weight excluding hydrogens is 236 g/mol. The topological polar surface area (TPSA) is 34.9 Å². The number of rotatable bonds is 2. The maximum absolute atomic E-state index is 12.2. The zero-order chi connectivity index (χ0) is 13.1. The van der Waals surface area contributed by atoms with Gasteiger partial charge in [-0.1, -0.05) is 31.4 Å². The van der Waals surface area contributed by atoms with Crippen LogP contribution in [0.4, 0.5) is 0 Å². The SMILES string of the molecule is O=c1cccc(C2CCCCC2)n1-c1ccccn1. The molecule has 2 heterocycles. The van der Waals surface area contributed by atoms with E-state index in [9.17, 15) is 4.79 Å². The Kier molecular flexibility index (Phi) is 3.45. The van der Waals surface area contributed by atoms with Crippen LogP contribution < -0.4 is 5.56 Å². The van der Waals surface area contributed by atoms with Crippen LogP contribution in [0.3, 0.4) is 0 Å². The molecule has 0 radical (unpaired) electrons. The largest absolute Gasteiger partial charge is 0.269 e. The summed E-state index contributed by atoms with van der Waals surface area (Å²) in [5.41, 5.74) is 1.13. The smallest absolute Gasteiger partial charge is 0.256 e. The van der Waals surface area contributed by atoms with Crippen molar-refractivity contribution in [3.63, 3.8) is 0 Å². The van der Waals surface area contributed by atoms with Gasteiger partial charge in [-0.3, -0.25) is 9.36 Å². The van der Waals surface area contributed by atoms with E-state index in [1.807, 2.05) is 24.3 Å². The lowest BCUT2D eigenvalue weighted by molar-refractivity contribution is 0.430. The Morgan fingerprint density at radius 2 is 1.84 bits per heavy atom. The molecule has 0 unspecified atom stereocenters. The average Bonchev–Trinajstić information content (AvgIpc) is 2.49.